The molecule has 0 bridgehead atoms. The minimum atomic E-state index is -0.981. The molecule has 1 atom stereocenters. The predicted molar refractivity (Wildman–Crippen MR) is 147 cm³/mol. The van der Waals surface area contributed by atoms with Gasteiger partial charge >= 0.3 is 0 Å². The van der Waals surface area contributed by atoms with Crippen molar-refractivity contribution in [1.29, 1.82) is 0 Å². The molecule has 1 aliphatic rings. The molecule has 1 heterocycles. The number of rotatable bonds is 8. The van der Waals surface area contributed by atoms with Gasteiger partial charge in [-0.1, -0.05) is 43.6 Å². The standard InChI is InChI=1S/C30H30ClNO6/c1-5-37-24-16-20(9-13-22(24)31)28(34)26-27(19-10-14-23(33)25(15-19)38-6-2)32(30(36)29(26)35)21-11-7-18(8-12-21)17(3)4/h7-17,27,33-34H,5-6H2,1-4H3/b28-26-. The first-order valence-electron chi connectivity index (χ1n) is 12.5. The molecule has 0 spiro atoms. The van der Waals surface area contributed by atoms with Gasteiger partial charge in [0, 0.05) is 11.3 Å². The maximum Gasteiger partial charge on any atom is 0.300 e. The number of anilines is 1. The van der Waals surface area contributed by atoms with Gasteiger partial charge in [-0.3, -0.25) is 14.5 Å². The van der Waals surface area contributed by atoms with Crippen molar-refractivity contribution >= 4 is 34.7 Å². The number of nitrogens with zero attached hydrogens (tertiary/aromatic N) is 1. The van der Waals surface area contributed by atoms with Crippen molar-refractivity contribution in [1.82, 2.24) is 0 Å². The molecular weight excluding hydrogens is 506 g/mol. The number of hydrogen-bond donors (Lipinski definition) is 2. The Kier molecular flexibility index (Phi) is 7.97. The number of carbonyl (C=O) groups excluding carboxylic acids is 2. The molecule has 4 rings (SSSR count). The predicted octanol–water partition coefficient (Wildman–Crippen LogP) is 6.59. The molecule has 7 nitrogen and oxygen atoms in total. The molecule has 1 aliphatic heterocycles. The molecular formula is C30H30ClNO6. The van der Waals surface area contributed by atoms with Crippen LogP contribution >= 0.6 is 11.6 Å². The highest BCUT2D eigenvalue weighted by molar-refractivity contribution is 6.51. The Bertz CT molecular complexity index is 1400. The highest BCUT2D eigenvalue weighted by Crippen LogP contribution is 2.44. The minimum Gasteiger partial charge on any atom is -0.507 e. The lowest BCUT2D eigenvalue weighted by Crippen LogP contribution is -2.29. The van der Waals surface area contributed by atoms with Crippen LogP contribution in [0.2, 0.25) is 5.02 Å². The van der Waals surface area contributed by atoms with E-state index >= 15 is 0 Å². The van der Waals surface area contributed by atoms with E-state index < -0.39 is 17.7 Å². The van der Waals surface area contributed by atoms with Gasteiger partial charge in [0.2, 0.25) is 0 Å². The van der Waals surface area contributed by atoms with Crippen LogP contribution in [-0.2, 0) is 9.59 Å². The molecule has 3 aromatic carbocycles. The average Bonchev–Trinajstić information content (AvgIpc) is 3.16. The molecule has 38 heavy (non-hydrogen) atoms. The van der Waals surface area contributed by atoms with E-state index in [-0.39, 0.29) is 34.3 Å². The van der Waals surface area contributed by atoms with Gasteiger partial charge in [-0.15, -0.1) is 0 Å². The number of aliphatic hydroxyl groups is 1. The normalized spacial score (nSPS) is 16.8. The van der Waals surface area contributed by atoms with E-state index in [9.17, 15) is 19.8 Å². The molecule has 0 aliphatic carbocycles. The Labute approximate surface area is 226 Å². The summed E-state index contributed by atoms with van der Waals surface area (Å²) in [4.78, 5) is 28.3. The summed E-state index contributed by atoms with van der Waals surface area (Å²) in [5, 5.41) is 22.1. The fourth-order valence-electron chi connectivity index (χ4n) is 4.48. The largest absolute Gasteiger partial charge is 0.507 e. The third-order valence-electron chi connectivity index (χ3n) is 6.39. The number of hydrogen-bond acceptors (Lipinski definition) is 6. The van der Waals surface area contributed by atoms with Gasteiger partial charge in [-0.25, -0.2) is 0 Å². The van der Waals surface area contributed by atoms with Crippen molar-refractivity contribution in [2.24, 2.45) is 0 Å². The third kappa shape index (κ3) is 5.07. The second-order valence-electron chi connectivity index (χ2n) is 9.15. The summed E-state index contributed by atoms with van der Waals surface area (Å²) in [6.45, 7) is 8.38. The minimum absolute atomic E-state index is 0.0760. The number of phenols is 1. The number of ketones is 1. The van der Waals surface area contributed by atoms with Gasteiger partial charge in [0.05, 0.1) is 29.9 Å². The van der Waals surface area contributed by atoms with E-state index in [1.807, 2.05) is 12.1 Å². The zero-order chi connectivity index (χ0) is 27.6. The van der Waals surface area contributed by atoms with Crippen LogP contribution in [0.1, 0.15) is 56.3 Å². The second-order valence-corrected chi connectivity index (χ2v) is 9.56. The zero-order valence-corrected chi connectivity index (χ0v) is 22.5. The van der Waals surface area contributed by atoms with Gasteiger partial charge in [0.15, 0.2) is 11.5 Å². The highest BCUT2D eigenvalue weighted by atomic mass is 35.5. The van der Waals surface area contributed by atoms with Crippen LogP contribution in [0.15, 0.2) is 66.2 Å². The summed E-state index contributed by atoms with van der Waals surface area (Å²) in [6, 6.07) is 15.7. The van der Waals surface area contributed by atoms with Crippen LogP contribution in [0.5, 0.6) is 17.2 Å². The van der Waals surface area contributed by atoms with Crippen LogP contribution in [0.25, 0.3) is 5.76 Å². The molecule has 0 saturated carbocycles. The summed E-state index contributed by atoms with van der Waals surface area (Å²) in [7, 11) is 0. The number of aromatic hydroxyl groups is 1. The molecule has 0 aromatic heterocycles. The SMILES string of the molecule is CCOc1cc(C2/C(=C(/O)c3ccc(Cl)c(OCC)c3)C(=O)C(=O)N2c2ccc(C(C)C)cc2)ccc1O. The topological polar surface area (TPSA) is 96.3 Å². The molecule has 0 radical (unpaired) electrons. The van der Waals surface area contributed by atoms with E-state index in [2.05, 4.69) is 13.8 Å². The first kappa shape index (κ1) is 27.1. The molecule has 8 heteroatoms. The van der Waals surface area contributed by atoms with E-state index in [1.54, 1.807) is 50.2 Å². The Balaban J connectivity index is 1.94. The number of benzene rings is 3. The highest BCUT2D eigenvalue weighted by Gasteiger charge is 2.47. The van der Waals surface area contributed by atoms with Crippen LogP contribution < -0.4 is 14.4 Å². The van der Waals surface area contributed by atoms with Crippen LogP contribution in [-0.4, -0.2) is 35.1 Å². The van der Waals surface area contributed by atoms with E-state index in [0.717, 1.165) is 5.56 Å². The summed E-state index contributed by atoms with van der Waals surface area (Å²) in [5.74, 6) is -1.22. The lowest BCUT2D eigenvalue weighted by Gasteiger charge is -2.26. The van der Waals surface area contributed by atoms with E-state index in [0.29, 0.717) is 35.2 Å². The Morgan fingerprint density at radius 1 is 0.947 bits per heavy atom. The Hall–Kier alpha value is -3.97. The number of halogens is 1. The third-order valence-corrected chi connectivity index (χ3v) is 6.70. The van der Waals surface area contributed by atoms with Gasteiger partial charge in [-0.2, -0.15) is 0 Å². The summed E-state index contributed by atoms with van der Waals surface area (Å²) < 4.78 is 11.1. The number of Topliss-reactive ketones (excluding diaryl/α,β-unsaturated/α-hetero) is 1. The van der Waals surface area contributed by atoms with Gasteiger partial charge < -0.3 is 19.7 Å². The lowest BCUT2D eigenvalue weighted by molar-refractivity contribution is -0.132. The zero-order valence-electron chi connectivity index (χ0n) is 21.7. The first-order valence-corrected chi connectivity index (χ1v) is 12.8. The molecule has 198 valence electrons. The van der Waals surface area contributed by atoms with E-state index in [1.165, 1.54) is 17.0 Å². The van der Waals surface area contributed by atoms with Crippen LogP contribution in [0, 0.1) is 0 Å². The van der Waals surface area contributed by atoms with Gasteiger partial charge in [-0.05, 0) is 73.4 Å². The number of carbonyl (C=O) groups is 2. The van der Waals surface area contributed by atoms with Crippen LogP contribution in [0.3, 0.4) is 0 Å². The Morgan fingerprint density at radius 3 is 2.24 bits per heavy atom. The number of phenolic OH excluding ortho intramolecular Hbond substituents is 1. The van der Waals surface area contributed by atoms with Crippen LogP contribution in [0.4, 0.5) is 5.69 Å². The number of amides is 1. The smallest absolute Gasteiger partial charge is 0.300 e. The number of aliphatic hydroxyl groups excluding tert-OH is 1. The summed E-state index contributed by atoms with van der Waals surface area (Å²) in [6.07, 6.45) is 0. The van der Waals surface area contributed by atoms with Crippen molar-refractivity contribution in [3.8, 4) is 17.2 Å². The molecule has 3 aromatic rings. The van der Waals surface area contributed by atoms with E-state index in [4.69, 9.17) is 21.1 Å². The quantitative estimate of drug-likeness (QED) is 0.192. The Morgan fingerprint density at radius 2 is 1.61 bits per heavy atom. The maximum atomic E-state index is 13.5. The molecule has 1 amide bonds. The average molecular weight is 536 g/mol. The van der Waals surface area contributed by atoms with Crippen molar-refractivity contribution in [3.63, 3.8) is 0 Å². The fourth-order valence-corrected chi connectivity index (χ4v) is 4.65. The number of ether oxygens (including phenoxy) is 2. The summed E-state index contributed by atoms with van der Waals surface area (Å²) >= 11 is 6.23. The maximum absolute atomic E-state index is 13.5. The van der Waals surface area contributed by atoms with Crippen molar-refractivity contribution in [2.45, 2.75) is 39.7 Å². The monoisotopic (exact) mass is 535 g/mol. The van der Waals surface area contributed by atoms with Crippen molar-refractivity contribution < 1.29 is 29.3 Å². The molecule has 1 saturated heterocycles. The summed E-state index contributed by atoms with van der Waals surface area (Å²) in [5.41, 5.74) is 2.24. The fraction of sp³-hybridized carbons (Fsp3) is 0.267. The van der Waals surface area contributed by atoms with Crippen molar-refractivity contribution in [3.05, 3.63) is 87.9 Å². The second kappa shape index (κ2) is 11.2. The lowest BCUT2D eigenvalue weighted by atomic mass is 9.94. The first-order chi connectivity index (χ1) is 18.2. The molecule has 1 unspecified atom stereocenters. The molecule has 1 fully saturated rings. The van der Waals surface area contributed by atoms with Crippen molar-refractivity contribution in [2.75, 3.05) is 18.1 Å². The van der Waals surface area contributed by atoms with Gasteiger partial charge in [0.25, 0.3) is 11.7 Å². The molecule has 2 N–H and O–H groups in total. The van der Waals surface area contributed by atoms with Gasteiger partial charge in [0.1, 0.15) is 11.5 Å².